The highest BCUT2D eigenvalue weighted by molar-refractivity contribution is 7.99. The number of halogens is 1. The van der Waals surface area contributed by atoms with Crippen molar-refractivity contribution in [3.63, 3.8) is 0 Å². The van der Waals surface area contributed by atoms with E-state index in [9.17, 15) is 14.7 Å². The molecule has 0 aliphatic carbocycles. The van der Waals surface area contributed by atoms with Crippen LogP contribution in [0.2, 0.25) is 5.02 Å². The van der Waals surface area contributed by atoms with E-state index in [4.69, 9.17) is 11.6 Å². The van der Waals surface area contributed by atoms with Gasteiger partial charge in [0.15, 0.2) is 10.9 Å². The summed E-state index contributed by atoms with van der Waals surface area (Å²) in [4.78, 5) is 30.1. The highest BCUT2D eigenvalue weighted by Gasteiger charge is 2.18. The van der Waals surface area contributed by atoms with E-state index in [0.717, 1.165) is 11.4 Å². The lowest BCUT2D eigenvalue weighted by atomic mass is 10.2. The predicted octanol–water partition coefficient (Wildman–Crippen LogP) is 3.36. The fourth-order valence-electron chi connectivity index (χ4n) is 3.05. The van der Waals surface area contributed by atoms with Crippen molar-refractivity contribution in [2.75, 3.05) is 5.75 Å². The lowest BCUT2D eigenvalue weighted by molar-refractivity contribution is 0.102. The van der Waals surface area contributed by atoms with E-state index >= 15 is 0 Å². The third-order valence-corrected chi connectivity index (χ3v) is 5.95. The molecule has 0 spiro atoms. The van der Waals surface area contributed by atoms with Gasteiger partial charge in [0.25, 0.3) is 5.56 Å². The van der Waals surface area contributed by atoms with Crippen molar-refractivity contribution in [2.45, 2.75) is 38.6 Å². The first-order chi connectivity index (χ1) is 13.2. The lowest BCUT2D eigenvalue weighted by Crippen LogP contribution is -2.28. The topological polar surface area (TPSA) is 77.1 Å². The number of ketones is 1. The maximum atomic E-state index is 12.9. The lowest BCUT2D eigenvalue weighted by Gasteiger charge is -2.14. The Hall–Kier alpha value is -2.09. The molecule has 0 unspecified atom stereocenters. The summed E-state index contributed by atoms with van der Waals surface area (Å²) < 4.78 is 3.39. The number of nitrogens with zero attached hydrogens (tertiary/aromatic N) is 3. The molecule has 0 bridgehead atoms. The number of thioether (sulfide) groups is 1. The van der Waals surface area contributed by atoms with E-state index < -0.39 is 6.10 Å². The first kappa shape index (κ1) is 20.6. The van der Waals surface area contributed by atoms with Crippen LogP contribution in [0.15, 0.2) is 34.2 Å². The van der Waals surface area contributed by atoms with Crippen molar-refractivity contribution in [2.24, 2.45) is 7.05 Å². The van der Waals surface area contributed by atoms with E-state index in [2.05, 4.69) is 4.98 Å². The molecule has 0 amide bonds. The minimum absolute atomic E-state index is 0.0322. The summed E-state index contributed by atoms with van der Waals surface area (Å²) in [5.41, 5.74) is 2.80. The molecule has 3 aromatic rings. The van der Waals surface area contributed by atoms with Gasteiger partial charge in [-0.2, -0.15) is 0 Å². The zero-order valence-corrected chi connectivity index (χ0v) is 17.8. The minimum atomic E-state index is -0.724. The van der Waals surface area contributed by atoms with Crippen LogP contribution in [0.5, 0.6) is 0 Å². The van der Waals surface area contributed by atoms with Crippen molar-refractivity contribution in [3.05, 3.63) is 56.6 Å². The molecule has 2 aromatic heterocycles. The summed E-state index contributed by atoms with van der Waals surface area (Å²) in [6.45, 7) is 5.56. The highest BCUT2D eigenvalue weighted by atomic mass is 35.5. The zero-order chi connectivity index (χ0) is 20.6. The van der Waals surface area contributed by atoms with E-state index in [0.29, 0.717) is 26.6 Å². The molecule has 0 radical (unpaired) electrons. The smallest absolute Gasteiger partial charge is 0.262 e. The van der Waals surface area contributed by atoms with Gasteiger partial charge in [0, 0.05) is 29.0 Å². The van der Waals surface area contributed by atoms with Gasteiger partial charge < -0.3 is 9.67 Å². The third kappa shape index (κ3) is 4.01. The number of benzene rings is 1. The molecule has 28 heavy (non-hydrogen) atoms. The van der Waals surface area contributed by atoms with Crippen LogP contribution < -0.4 is 5.56 Å². The largest absolute Gasteiger partial charge is 0.392 e. The monoisotopic (exact) mass is 419 g/mol. The SMILES string of the molecule is Cc1cc(C(=O)CSc2nc3cc(Cl)ccc3c(=O)n2C[C@@H](C)O)c(C)n1C. The maximum absolute atomic E-state index is 12.9. The summed E-state index contributed by atoms with van der Waals surface area (Å²) in [6.07, 6.45) is -0.724. The Balaban J connectivity index is 1.97. The van der Waals surface area contributed by atoms with Crippen LogP contribution in [0.1, 0.15) is 28.7 Å². The van der Waals surface area contributed by atoms with Gasteiger partial charge in [-0.3, -0.25) is 14.2 Å². The van der Waals surface area contributed by atoms with Crippen molar-refractivity contribution in [1.29, 1.82) is 0 Å². The molecule has 0 saturated carbocycles. The molecule has 1 N–H and O–H groups in total. The van der Waals surface area contributed by atoms with Crippen molar-refractivity contribution < 1.29 is 9.90 Å². The second-order valence-electron chi connectivity index (χ2n) is 6.88. The molecule has 6 nitrogen and oxygen atoms in total. The van der Waals surface area contributed by atoms with Gasteiger partial charge in [0.2, 0.25) is 0 Å². The van der Waals surface area contributed by atoms with E-state index in [1.807, 2.05) is 31.5 Å². The van der Waals surface area contributed by atoms with Gasteiger partial charge >= 0.3 is 0 Å². The molecule has 148 valence electrons. The molecular formula is C20H22ClN3O3S. The second kappa shape index (κ2) is 8.11. The van der Waals surface area contributed by atoms with Gasteiger partial charge in [-0.15, -0.1) is 0 Å². The molecule has 1 aromatic carbocycles. The van der Waals surface area contributed by atoms with Gasteiger partial charge in [-0.05, 0) is 45.0 Å². The van der Waals surface area contributed by atoms with Gasteiger partial charge in [-0.25, -0.2) is 4.98 Å². The van der Waals surface area contributed by atoms with Gasteiger partial charge in [0.05, 0.1) is 29.3 Å². The van der Waals surface area contributed by atoms with Crippen LogP contribution in [0, 0.1) is 13.8 Å². The molecule has 0 aliphatic heterocycles. The number of hydrogen-bond donors (Lipinski definition) is 1. The molecular weight excluding hydrogens is 398 g/mol. The molecule has 2 heterocycles. The average Bonchev–Trinajstić information content (AvgIpc) is 2.89. The predicted molar refractivity (Wildman–Crippen MR) is 113 cm³/mol. The molecule has 8 heteroatoms. The Labute approximate surface area is 172 Å². The van der Waals surface area contributed by atoms with E-state index in [1.54, 1.807) is 25.1 Å². The Morgan fingerprint density at radius 3 is 2.64 bits per heavy atom. The average molecular weight is 420 g/mol. The van der Waals surface area contributed by atoms with E-state index in [-0.39, 0.29) is 23.6 Å². The number of fused-ring (bicyclic) bond motifs is 1. The van der Waals surface area contributed by atoms with Crippen molar-refractivity contribution in [1.82, 2.24) is 14.1 Å². The Kier molecular flexibility index (Phi) is 5.98. The second-order valence-corrected chi connectivity index (χ2v) is 8.26. The first-order valence-corrected chi connectivity index (χ1v) is 10.2. The van der Waals surface area contributed by atoms with Gasteiger partial charge in [-0.1, -0.05) is 23.4 Å². The van der Waals surface area contributed by atoms with Crippen molar-refractivity contribution >= 4 is 40.0 Å². The fraction of sp³-hybridized carbons (Fsp3) is 0.350. The van der Waals surface area contributed by atoms with Crippen LogP contribution >= 0.6 is 23.4 Å². The Morgan fingerprint density at radius 2 is 2.04 bits per heavy atom. The number of aliphatic hydroxyl groups excluding tert-OH is 1. The number of aryl methyl sites for hydroxylation is 1. The molecule has 0 aliphatic rings. The van der Waals surface area contributed by atoms with Crippen LogP contribution in [0.4, 0.5) is 0 Å². The van der Waals surface area contributed by atoms with Crippen LogP contribution in [-0.2, 0) is 13.6 Å². The molecule has 1 atom stereocenters. The standard InChI is InChI=1S/C20H22ClN3O3S/c1-11-7-16(13(3)23(11)4)18(26)10-28-20-22-17-8-14(21)5-6-15(17)19(27)24(20)9-12(2)25/h5-8,12,25H,9-10H2,1-4H3/t12-/m1/s1. The minimum Gasteiger partial charge on any atom is -0.392 e. The van der Waals surface area contributed by atoms with Crippen LogP contribution in [-0.4, -0.2) is 36.9 Å². The molecule has 0 saturated heterocycles. The zero-order valence-electron chi connectivity index (χ0n) is 16.2. The number of carbonyl (C=O) groups is 1. The number of aliphatic hydroxyl groups is 1. The summed E-state index contributed by atoms with van der Waals surface area (Å²) >= 11 is 7.23. The fourth-order valence-corrected chi connectivity index (χ4v) is 4.11. The maximum Gasteiger partial charge on any atom is 0.262 e. The van der Waals surface area contributed by atoms with E-state index in [1.165, 1.54) is 16.3 Å². The van der Waals surface area contributed by atoms with Crippen LogP contribution in [0.25, 0.3) is 10.9 Å². The van der Waals surface area contributed by atoms with Gasteiger partial charge in [0.1, 0.15) is 0 Å². The molecule has 3 rings (SSSR count). The Bertz CT molecular complexity index is 1120. The number of rotatable bonds is 6. The normalized spacial score (nSPS) is 12.5. The third-order valence-electron chi connectivity index (χ3n) is 4.74. The first-order valence-electron chi connectivity index (χ1n) is 8.86. The summed E-state index contributed by atoms with van der Waals surface area (Å²) in [6, 6.07) is 6.76. The number of aromatic nitrogens is 3. The summed E-state index contributed by atoms with van der Waals surface area (Å²) in [7, 11) is 1.92. The number of carbonyl (C=O) groups excluding carboxylic acids is 1. The highest BCUT2D eigenvalue weighted by Crippen LogP contribution is 2.23. The summed E-state index contributed by atoms with van der Waals surface area (Å²) in [5, 5.41) is 11.1. The summed E-state index contributed by atoms with van der Waals surface area (Å²) in [5.74, 6) is 0.109. The molecule has 0 fully saturated rings. The Morgan fingerprint density at radius 1 is 1.32 bits per heavy atom. The number of hydrogen-bond acceptors (Lipinski definition) is 5. The van der Waals surface area contributed by atoms with Crippen molar-refractivity contribution in [3.8, 4) is 0 Å². The quantitative estimate of drug-likeness (QED) is 0.376. The number of Topliss-reactive ketones (excluding diaryl/α,β-unsaturated/α-hetero) is 1. The van der Waals surface area contributed by atoms with Crippen LogP contribution in [0.3, 0.4) is 0 Å².